The number of phosphoric acid groups is 1. The Morgan fingerprint density at radius 1 is 0.582 bits per heavy atom. The van der Waals surface area contributed by atoms with Crippen molar-refractivity contribution in [2.75, 3.05) is 26.4 Å². The molecule has 0 saturated carbocycles. The van der Waals surface area contributed by atoms with Crippen LogP contribution in [0.25, 0.3) is 0 Å². The lowest BCUT2D eigenvalue weighted by atomic mass is 10.0. The van der Waals surface area contributed by atoms with E-state index in [1.165, 1.54) is 122 Å². The van der Waals surface area contributed by atoms with Gasteiger partial charge < -0.3 is 25.2 Å². The molecule has 3 unspecified atom stereocenters. The molecular weight excluding hydrogens is 717 g/mol. The third kappa shape index (κ3) is 40.4. The van der Waals surface area contributed by atoms with E-state index in [1.807, 2.05) is 0 Å². The normalized spacial score (nSPS) is 14.1. The molecule has 0 aromatic carbocycles. The van der Waals surface area contributed by atoms with Crippen LogP contribution in [0.1, 0.15) is 206 Å². The number of hydrogen-bond donors (Lipinski definition) is 3. The van der Waals surface area contributed by atoms with Crippen LogP contribution in [-0.4, -0.2) is 60.5 Å². The van der Waals surface area contributed by atoms with E-state index in [9.17, 15) is 19.0 Å². The lowest BCUT2D eigenvalue weighted by Crippen LogP contribution is -2.34. The molecule has 324 valence electrons. The maximum Gasteiger partial charge on any atom is 0.472 e. The molecule has 0 aliphatic carbocycles. The summed E-state index contributed by atoms with van der Waals surface area (Å²) in [7, 11) is -4.62. The Labute approximate surface area is 336 Å². The smallest absolute Gasteiger partial charge is 0.472 e. The maximum atomic E-state index is 12.6. The summed E-state index contributed by atoms with van der Waals surface area (Å²) in [4.78, 5) is 33.5. The van der Waals surface area contributed by atoms with Gasteiger partial charge in [-0.15, -0.1) is 0 Å². The van der Waals surface area contributed by atoms with Gasteiger partial charge in [-0.3, -0.25) is 18.6 Å². The largest absolute Gasteiger partial charge is 0.480 e. The number of carbonyl (C=O) groups excluding carboxylic acids is 1. The molecule has 11 heteroatoms. The standard InChI is InChI=1S/C44H84NO9P/c1-3-5-7-9-11-13-15-17-19-21-23-25-27-29-31-33-35-37-51-38-41(39-52-55(49,50)53-40-42(45)44(47)48)54-43(46)36-34-32-30-28-26-24-22-20-18-16-14-12-10-8-6-4-2/h14,16,20,22,41-42H,3-13,15,17-19,21,23-40,45H2,1-2H3,(H,47,48)(H,49,50)/b16-14-,22-20-. The van der Waals surface area contributed by atoms with E-state index in [0.717, 1.165) is 57.8 Å². The molecule has 0 radical (unpaired) electrons. The Balaban J connectivity index is 4.22. The van der Waals surface area contributed by atoms with Crippen LogP contribution < -0.4 is 5.73 Å². The molecule has 55 heavy (non-hydrogen) atoms. The number of phosphoric ester groups is 1. The zero-order chi connectivity index (χ0) is 40.5. The average molecular weight is 802 g/mol. The molecule has 0 aromatic heterocycles. The molecule has 0 spiro atoms. The number of carboxylic acid groups (broad SMARTS) is 1. The van der Waals surface area contributed by atoms with E-state index in [0.29, 0.717) is 13.0 Å². The van der Waals surface area contributed by atoms with Gasteiger partial charge >= 0.3 is 19.8 Å². The van der Waals surface area contributed by atoms with Crippen LogP contribution in [0.2, 0.25) is 0 Å². The molecule has 0 amide bonds. The van der Waals surface area contributed by atoms with Gasteiger partial charge in [0.2, 0.25) is 0 Å². The molecule has 0 heterocycles. The van der Waals surface area contributed by atoms with E-state index in [1.54, 1.807) is 0 Å². The van der Waals surface area contributed by atoms with E-state index >= 15 is 0 Å². The summed E-state index contributed by atoms with van der Waals surface area (Å²) < 4.78 is 33.4. The predicted octanol–water partition coefficient (Wildman–Crippen LogP) is 12.3. The zero-order valence-corrected chi connectivity index (χ0v) is 36.2. The van der Waals surface area contributed by atoms with Gasteiger partial charge in [0, 0.05) is 13.0 Å². The molecule has 0 saturated heterocycles. The Morgan fingerprint density at radius 3 is 1.49 bits per heavy atom. The van der Waals surface area contributed by atoms with Gasteiger partial charge in [-0.05, 0) is 44.9 Å². The van der Waals surface area contributed by atoms with E-state index in [4.69, 9.17) is 29.4 Å². The number of ether oxygens (including phenoxy) is 2. The molecule has 0 aliphatic heterocycles. The highest BCUT2D eigenvalue weighted by molar-refractivity contribution is 7.47. The number of carboxylic acids is 1. The molecule has 0 bridgehead atoms. The van der Waals surface area contributed by atoms with Crippen molar-refractivity contribution in [3.63, 3.8) is 0 Å². The number of hydrogen-bond acceptors (Lipinski definition) is 8. The van der Waals surface area contributed by atoms with Crippen LogP contribution in [-0.2, 0) is 32.7 Å². The number of allylic oxidation sites excluding steroid dienone is 4. The van der Waals surface area contributed by atoms with E-state index in [2.05, 4.69) is 38.2 Å². The highest BCUT2D eigenvalue weighted by Gasteiger charge is 2.27. The fraction of sp³-hybridized carbons (Fsp3) is 0.864. The molecule has 0 rings (SSSR count). The number of nitrogens with two attached hydrogens (primary N) is 1. The number of unbranched alkanes of at least 4 members (excludes halogenated alkanes) is 25. The first-order chi connectivity index (χ1) is 26.7. The van der Waals surface area contributed by atoms with Crippen LogP contribution in [0.4, 0.5) is 0 Å². The van der Waals surface area contributed by atoms with Crippen LogP contribution in [0.3, 0.4) is 0 Å². The highest BCUT2D eigenvalue weighted by Crippen LogP contribution is 2.43. The van der Waals surface area contributed by atoms with Crippen molar-refractivity contribution in [1.82, 2.24) is 0 Å². The van der Waals surface area contributed by atoms with E-state index < -0.39 is 45.1 Å². The van der Waals surface area contributed by atoms with Crippen molar-refractivity contribution in [3.8, 4) is 0 Å². The van der Waals surface area contributed by atoms with Gasteiger partial charge in [0.25, 0.3) is 0 Å². The molecule has 0 aromatic rings. The number of esters is 1. The van der Waals surface area contributed by atoms with Crippen molar-refractivity contribution in [3.05, 3.63) is 24.3 Å². The Kier molecular flexibility index (Phi) is 39.5. The molecule has 3 atom stereocenters. The average Bonchev–Trinajstić information content (AvgIpc) is 3.16. The third-order valence-corrected chi connectivity index (χ3v) is 10.7. The Hall–Kier alpha value is -1.55. The van der Waals surface area contributed by atoms with Gasteiger partial charge in [0.15, 0.2) is 0 Å². The second-order valence-electron chi connectivity index (χ2n) is 15.2. The lowest BCUT2D eigenvalue weighted by molar-refractivity contribution is -0.154. The van der Waals surface area contributed by atoms with E-state index in [-0.39, 0.29) is 13.0 Å². The zero-order valence-electron chi connectivity index (χ0n) is 35.3. The topological polar surface area (TPSA) is 155 Å². The Morgan fingerprint density at radius 2 is 1.00 bits per heavy atom. The summed E-state index contributed by atoms with van der Waals surface area (Å²) >= 11 is 0. The summed E-state index contributed by atoms with van der Waals surface area (Å²) in [5, 5.41) is 8.90. The highest BCUT2D eigenvalue weighted by atomic mass is 31.2. The van der Waals surface area contributed by atoms with Crippen LogP contribution in [0.5, 0.6) is 0 Å². The Bertz CT molecular complexity index is 977. The fourth-order valence-corrected chi connectivity index (χ4v) is 7.00. The lowest BCUT2D eigenvalue weighted by Gasteiger charge is -2.20. The monoisotopic (exact) mass is 802 g/mol. The first-order valence-corrected chi connectivity index (χ1v) is 23.9. The van der Waals surface area contributed by atoms with Gasteiger partial charge in [-0.25, -0.2) is 4.57 Å². The minimum absolute atomic E-state index is 0.0154. The van der Waals surface area contributed by atoms with Gasteiger partial charge in [-0.1, -0.05) is 179 Å². The summed E-state index contributed by atoms with van der Waals surface area (Å²) in [6, 6.07) is -1.47. The van der Waals surface area contributed by atoms with Crippen molar-refractivity contribution >= 4 is 19.8 Å². The number of carbonyl (C=O) groups is 2. The van der Waals surface area contributed by atoms with Crippen LogP contribution in [0.15, 0.2) is 24.3 Å². The molecule has 4 N–H and O–H groups in total. The first-order valence-electron chi connectivity index (χ1n) is 22.4. The predicted molar refractivity (Wildman–Crippen MR) is 226 cm³/mol. The van der Waals surface area contributed by atoms with Gasteiger partial charge in [-0.2, -0.15) is 0 Å². The fourth-order valence-electron chi connectivity index (χ4n) is 6.22. The van der Waals surface area contributed by atoms with Crippen LogP contribution in [0, 0.1) is 0 Å². The second-order valence-corrected chi connectivity index (χ2v) is 16.6. The minimum Gasteiger partial charge on any atom is -0.480 e. The van der Waals surface area contributed by atoms with Crippen molar-refractivity contribution in [1.29, 1.82) is 0 Å². The summed E-state index contributed by atoms with van der Waals surface area (Å²) in [6.45, 7) is 3.87. The SMILES string of the molecule is CCCCCC/C=C\C/C=C\CCCCCCCC(=O)OC(COCCCCCCCCCCCCCCCCCCC)COP(=O)(O)OCC(N)C(=O)O. The maximum absolute atomic E-state index is 12.6. The van der Waals surface area contributed by atoms with Gasteiger partial charge in [0.05, 0.1) is 19.8 Å². The minimum atomic E-state index is -4.62. The van der Waals surface area contributed by atoms with Crippen molar-refractivity contribution in [2.45, 2.75) is 219 Å². The number of aliphatic carboxylic acids is 1. The molecular formula is C44H84NO9P. The molecule has 0 aliphatic rings. The van der Waals surface area contributed by atoms with Crippen molar-refractivity contribution in [2.24, 2.45) is 5.73 Å². The second kappa shape index (κ2) is 40.6. The quantitative estimate of drug-likeness (QED) is 0.0235. The summed E-state index contributed by atoms with van der Waals surface area (Å²) in [6.07, 6.45) is 43.7. The third-order valence-electron chi connectivity index (χ3n) is 9.73. The molecule has 10 nitrogen and oxygen atoms in total. The van der Waals surface area contributed by atoms with Crippen molar-refractivity contribution < 1.29 is 42.7 Å². The summed E-state index contributed by atoms with van der Waals surface area (Å²) in [5.41, 5.74) is 5.36. The number of rotatable bonds is 43. The van der Waals surface area contributed by atoms with Gasteiger partial charge in [0.1, 0.15) is 12.1 Å². The first kappa shape index (κ1) is 53.5. The summed E-state index contributed by atoms with van der Waals surface area (Å²) in [5.74, 6) is -1.79. The molecule has 0 fully saturated rings. The van der Waals surface area contributed by atoms with Crippen LogP contribution >= 0.6 is 7.82 Å².